The van der Waals surface area contributed by atoms with Crippen LogP contribution >= 0.6 is 15.9 Å². The first kappa shape index (κ1) is 9.59. The van der Waals surface area contributed by atoms with Gasteiger partial charge in [-0.15, -0.1) is 0 Å². The van der Waals surface area contributed by atoms with Crippen LogP contribution in [0.15, 0.2) is 28.9 Å². The fourth-order valence-corrected chi connectivity index (χ4v) is 2.08. The summed E-state index contributed by atoms with van der Waals surface area (Å²) in [4.78, 5) is 0. The SMILES string of the molecule is CCCn1cc(N)c2cc(Br)ccc21. The molecule has 0 radical (unpaired) electrons. The van der Waals surface area contributed by atoms with E-state index in [2.05, 4.69) is 39.6 Å². The van der Waals surface area contributed by atoms with Crippen molar-refractivity contribution in [3.8, 4) is 0 Å². The van der Waals surface area contributed by atoms with Crippen LogP contribution in [0, 0.1) is 0 Å². The summed E-state index contributed by atoms with van der Waals surface area (Å²) in [5, 5.41) is 1.13. The third kappa shape index (κ3) is 1.52. The Morgan fingerprint density at radius 2 is 2.21 bits per heavy atom. The minimum Gasteiger partial charge on any atom is -0.397 e. The smallest absolute Gasteiger partial charge is 0.0574 e. The number of nitrogens with zero attached hydrogens (tertiary/aromatic N) is 1. The Kier molecular flexibility index (Phi) is 2.50. The van der Waals surface area contributed by atoms with Gasteiger partial charge in [0.25, 0.3) is 0 Å². The van der Waals surface area contributed by atoms with Crippen molar-refractivity contribution < 1.29 is 0 Å². The number of anilines is 1. The molecule has 3 heteroatoms. The molecule has 0 fully saturated rings. The van der Waals surface area contributed by atoms with Crippen LogP contribution in [0.1, 0.15) is 13.3 Å². The number of benzene rings is 1. The summed E-state index contributed by atoms with van der Waals surface area (Å²) in [6.45, 7) is 3.19. The lowest BCUT2D eigenvalue weighted by Gasteiger charge is -2.01. The Morgan fingerprint density at radius 1 is 1.43 bits per heavy atom. The largest absolute Gasteiger partial charge is 0.397 e. The van der Waals surface area contributed by atoms with E-state index >= 15 is 0 Å². The predicted molar refractivity (Wildman–Crippen MR) is 64.3 cm³/mol. The Hall–Kier alpha value is -0.960. The molecule has 2 aromatic rings. The predicted octanol–water partition coefficient (Wildman–Crippen LogP) is 3.40. The second-order valence-corrected chi connectivity index (χ2v) is 4.35. The van der Waals surface area contributed by atoms with E-state index in [4.69, 9.17) is 5.73 Å². The fraction of sp³-hybridized carbons (Fsp3) is 0.273. The van der Waals surface area contributed by atoms with E-state index in [-0.39, 0.29) is 0 Å². The molecule has 0 unspecified atom stereocenters. The highest BCUT2D eigenvalue weighted by Gasteiger charge is 2.05. The van der Waals surface area contributed by atoms with Gasteiger partial charge in [0.15, 0.2) is 0 Å². The van der Waals surface area contributed by atoms with Crippen molar-refractivity contribution in [3.05, 3.63) is 28.9 Å². The molecule has 0 aliphatic heterocycles. The molecule has 1 heterocycles. The van der Waals surface area contributed by atoms with Crippen LogP contribution in [-0.4, -0.2) is 4.57 Å². The molecule has 1 aromatic heterocycles. The first-order valence-corrected chi connectivity index (χ1v) is 5.55. The second-order valence-electron chi connectivity index (χ2n) is 3.44. The number of aromatic nitrogens is 1. The first-order chi connectivity index (χ1) is 6.72. The van der Waals surface area contributed by atoms with Gasteiger partial charge in [-0.25, -0.2) is 0 Å². The van der Waals surface area contributed by atoms with Gasteiger partial charge in [-0.05, 0) is 24.6 Å². The van der Waals surface area contributed by atoms with Crippen LogP contribution in [0.2, 0.25) is 0 Å². The van der Waals surface area contributed by atoms with Crippen LogP contribution in [0.3, 0.4) is 0 Å². The van der Waals surface area contributed by atoms with Crippen LogP contribution in [0.4, 0.5) is 5.69 Å². The minimum atomic E-state index is 0.856. The molecule has 2 nitrogen and oxygen atoms in total. The zero-order valence-electron chi connectivity index (χ0n) is 8.13. The average molecular weight is 253 g/mol. The molecule has 0 amide bonds. The van der Waals surface area contributed by atoms with Gasteiger partial charge in [-0.1, -0.05) is 22.9 Å². The van der Waals surface area contributed by atoms with Crippen molar-refractivity contribution in [2.45, 2.75) is 19.9 Å². The monoisotopic (exact) mass is 252 g/mol. The maximum absolute atomic E-state index is 5.93. The number of fused-ring (bicyclic) bond motifs is 1. The van der Waals surface area contributed by atoms with Gasteiger partial charge in [0.05, 0.1) is 11.2 Å². The Morgan fingerprint density at radius 3 is 2.93 bits per heavy atom. The quantitative estimate of drug-likeness (QED) is 0.873. The third-order valence-corrected chi connectivity index (χ3v) is 2.83. The highest BCUT2D eigenvalue weighted by Crippen LogP contribution is 2.26. The van der Waals surface area contributed by atoms with E-state index in [1.807, 2.05) is 12.3 Å². The molecule has 2 rings (SSSR count). The summed E-state index contributed by atoms with van der Waals surface area (Å²) in [7, 11) is 0. The molecule has 0 saturated heterocycles. The van der Waals surface area contributed by atoms with E-state index in [9.17, 15) is 0 Å². The molecule has 74 valence electrons. The normalized spacial score (nSPS) is 11.0. The molecule has 1 aromatic carbocycles. The molecule has 14 heavy (non-hydrogen) atoms. The standard InChI is InChI=1S/C11H13BrN2/c1-2-5-14-7-10(13)9-6-8(12)3-4-11(9)14/h3-4,6-7H,2,5,13H2,1H3. The Bertz CT molecular complexity index is 460. The number of nitrogens with two attached hydrogens (primary N) is 1. The van der Waals surface area contributed by atoms with E-state index in [0.717, 1.165) is 28.5 Å². The second kappa shape index (κ2) is 3.65. The minimum absolute atomic E-state index is 0.856. The summed E-state index contributed by atoms with van der Waals surface area (Å²) in [6.07, 6.45) is 3.14. The molecule has 0 bridgehead atoms. The van der Waals surface area contributed by atoms with Gasteiger partial charge in [-0.2, -0.15) is 0 Å². The van der Waals surface area contributed by atoms with E-state index in [1.54, 1.807) is 0 Å². The van der Waals surface area contributed by atoms with Crippen molar-refractivity contribution in [1.82, 2.24) is 4.57 Å². The molecule has 0 aliphatic rings. The lowest BCUT2D eigenvalue weighted by molar-refractivity contribution is 0.704. The van der Waals surface area contributed by atoms with Gasteiger partial charge in [-0.3, -0.25) is 0 Å². The zero-order chi connectivity index (χ0) is 10.1. The van der Waals surface area contributed by atoms with Crippen LogP contribution in [0.25, 0.3) is 10.9 Å². The van der Waals surface area contributed by atoms with E-state index < -0.39 is 0 Å². The van der Waals surface area contributed by atoms with Crippen molar-refractivity contribution in [2.75, 3.05) is 5.73 Å². The summed E-state index contributed by atoms with van der Waals surface area (Å²) < 4.78 is 3.28. The summed E-state index contributed by atoms with van der Waals surface area (Å²) in [5.41, 5.74) is 8.01. The van der Waals surface area contributed by atoms with Crippen molar-refractivity contribution >= 4 is 32.5 Å². The number of hydrogen-bond acceptors (Lipinski definition) is 1. The number of rotatable bonds is 2. The topological polar surface area (TPSA) is 30.9 Å². The molecule has 0 atom stereocenters. The molecular formula is C11H13BrN2. The molecular weight excluding hydrogens is 240 g/mol. The first-order valence-electron chi connectivity index (χ1n) is 4.76. The number of halogens is 1. The summed E-state index contributed by atoms with van der Waals surface area (Å²) in [5.74, 6) is 0. The maximum atomic E-state index is 5.93. The zero-order valence-corrected chi connectivity index (χ0v) is 9.71. The van der Waals surface area contributed by atoms with Gasteiger partial charge in [0, 0.05) is 22.6 Å². The van der Waals surface area contributed by atoms with E-state index in [1.165, 1.54) is 5.52 Å². The van der Waals surface area contributed by atoms with Crippen molar-refractivity contribution in [1.29, 1.82) is 0 Å². The Balaban J connectivity index is 2.65. The van der Waals surface area contributed by atoms with Crippen LogP contribution in [0.5, 0.6) is 0 Å². The lowest BCUT2D eigenvalue weighted by Crippen LogP contribution is -1.93. The lowest BCUT2D eigenvalue weighted by atomic mass is 10.2. The number of aryl methyl sites for hydroxylation is 1. The highest BCUT2D eigenvalue weighted by molar-refractivity contribution is 9.10. The number of nitrogen functional groups attached to an aromatic ring is 1. The Labute approximate surface area is 91.8 Å². The van der Waals surface area contributed by atoms with E-state index in [0.29, 0.717) is 0 Å². The summed E-state index contributed by atoms with van der Waals surface area (Å²) in [6, 6.07) is 6.22. The third-order valence-electron chi connectivity index (χ3n) is 2.34. The van der Waals surface area contributed by atoms with Gasteiger partial charge in [0.2, 0.25) is 0 Å². The highest BCUT2D eigenvalue weighted by atomic mass is 79.9. The fourth-order valence-electron chi connectivity index (χ4n) is 1.72. The van der Waals surface area contributed by atoms with Gasteiger partial charge in [0.1, 0.15) is 0 Å². The van der Waals surface area contributed by atoms with Crippen LogP contribution < -0.4 is 5.73 Å². The molecule has 0 saturated carbocycles. The molecule has 0 aliphatic carbocycles. The molecule has 0 spiro atoms. The molecule has 2 N–H and O–H groups in total. The van der Waals surface area contributed by atoms with Gasteiger partial charge < -0.3 is 10.3 Å². The van der Waals surface area contributed by atoms with Crippen LogP contribution in [-0.2, 0) is 6.54 Å². The average Bonchev–Trinajstić information content (AvgIpc) is 2.44. The number of hydrogen-bond donors (Lipinski definition) is 1. The maximum Gasteiger partial charge on any atom is 0.0574 e. The summed E-state index contributed by atoms with van der Waals surface area (Å²) >= 11 is 3.45. The van der Waals surface area contributed by atoms with Crippen molar-refractivity contribution in [3.63, 3.8) is 0 Å². The van der Waals surface area contributed by atoms with Gasteiger partial charge >= 0.3 is 0 Å². The van der Waals surface area contributed by atoms with Crippen molar-refractivity contribution in [2.24, 2.45) is 0 Å².